The minimum absolute atomic E-state index is 0.0226. The Kier molecular flexibility index (Phi) is 4.88. The Morgan fingerprint density at radius 3 is 2.39 bits per heavy atom. The second-order valence-corrected chi connectivity index (χ2v) is 5.09. The lowest BCUT2D eigenvalue weighted by atomic mass is 9.95. The van der Waals surface area contributed by atoms with Crippen molar-refractivity contribution in [2.24, 2.45) is 5.92 Å². The number of carboxylic acid groups (broad SMARTS) is 1. The van der Waals surface area contributed by atoms with Gasteiger partial charge in [0.1, 0.15) is 0 Å². The minimum Gasteiger partial charge on any atom is -0.481 e. The molecular weight excluding hydrogens is 311 g/mol. The molecule has 0 aliphatic carbocycles. The predicted molar refractivity (Wildman–Crippen MR) is 77.8 cm³/mol. The Hall–Kier alpha value is -2.57. The Morgan fingerprint density at radius 2 is 1.74 bits per heavy atom. The van der Waals surface area contributed by atoms with Gasteiger partial charge in [0.25, 0.3) is 0 Å². The van der Waals surface area contributed by atoms with Gasteiger partial charge in [-0.3, -0.25) is 9.59 Å². The number of amides is 1. The van der Waals surface area contributed by atoms with Crippen LogP contribution in [0.2, 0.25) is 0 Å². The van der Waals surface area contributed by atoms with Crippen LogP contribution in [0.5, 0.6) is 0 Å². The van der Waals surface area contributed by atoms with Gasteiger partial charge in [-0.1, -0.05) is 42.5 Å². The highest BCUT2D eigenvalue weighted by Crippen LogP contribution is 2.21. The van der Waals surface area contributed by atoms with E-state index in [2.05, 4.69) is 0 Å². The summed E-state index contributed by atoms with van der Waals surface area (Å²) in [4.78, 5) is 22.1. The molecule has 2 aromatic carbocycles. The highest BCUT2D eigenvalue weighted by molar-refractivity contribution is 5.86. The first-order valence-corrected chi connectivity index (χ1v) is 6.83. The van der Waals surface area contributed by atoms with E-state index in [9.17, 15) is 27.9 Å². The summed E-state index contributed by atoms with van der Waals surface area (Å²) in [7, 11) is 0. The summed E-state index contributed by atoms with van der Waals surface area (Å²) in [6, 6.07) is 12.7. The minimum atomic E-state index is -5.03. The Bertz CT molecular complexity index is 723. The maximum Gasteiger partial charge on any atom is 0.471 e. The van der Waals surface area contributed by atoms with E-state index in [1.54, 1.807) is 23.5 Å². The number of aliphatic carboxylic acids is 1. The molecule has 23 heavy (non-hydrogen) atoms. The third-order valence-corrected chi connectivity index (χ3v) is 3.46. The molecule has 4 nitrogen and oxygen atoms in total. The zero-order valence-corrected chi connectivity index (χ0v) is 11.9. The van der Waals surface area contributed by atoms with Crippen LogP contribution < -0.4 is 5.32 Å². The maximum atomic E-state index is 12.2. The number of carbonyl (C=O) groups is 2. The molecule has 1 atom stereocenters. The fourth-order valence-corrected chi connectivity index (χ4v) is 2.30. The van der Waals surface area contributed by atoms with Gasteiger partial charge in [0.05, 0.1) is 5.92 Å². The lowest BCUT2D eigenvalue weighted by Crippen LogP contribution is -2.41. The van der Waals surface area contributed by atoms with Gasteiger partial charge < -0.3 is 10.4 Å². The number of carboxylic acids is 1. The van der Waals surface area contributed by atoms with Crippen molar-refractivity contribution < 1.29 is 27.9 Å². The third kappa shape index (κ3) is 4.21. The normalized spacial score (nSPS) is 12.8. The molecule has 0 aliphatic rings. The lowest BCUT2D eigenvalue weighted by molar-refractivity contribution is -0.174. The summed E-state index contributed by atoms with van der Waals surface area (Å²) in [6.45, 7) is -0.586. The van der Waals surface area contributed by atoms with Crippen LogP contribution in [0.4, 0.5) is 13.2 Å². The van der Waals surface area contributed by atoms with Crippen molar-refractivity contribution in [3.63, 3.8) is 0 Å². The summed E-state index contributed by atoms with van der Waals surface area (Å²) in [5, 5.41) is 12.6. The van der Waals surface area contributed by atoms with Crippen molar-refractivity contribution in [3.05, 3.63) is 48.0 Å². The van der Waals surface area contributed by atoms with Gasteiger partial charge in [0.2, 0.25) is 0 Å². The van der Waals surface area contributed by atoms with E-state index in [0.29, 0.717) is 5.56 Å². The Morgan fingerprint density at radius 1 is 1.09 bits per heavy atom. The van der Waals surface area contributed by atoms with Gasteiger partial charge in [-0.25, -0.2) is 0 Å². The molecule has 2 aromatic rings. The molecule has 2 rings (SSSR count). The van der Waals surface area contributed by atoms with E-state index < -0.39 is 30.5 Å². The number of rotatable bonds is 5. The van der Waals surface area contributed by atoms with E-state index in [1.807, 2.05) is 24.3 Å². The molecule has 0 saturated heterocycles. The standard InChI is InChI=1S/C16H14F3NO3/c17-16(18,19)15(23)20-9-12(14(21)22)8-11-6-3-5-10-4-1-2-7-13(10)11/h1-7,12H,8-9H2,(H,20,23)(H,21,22). The van der Waals surface area contributed by atoms with Gasteiger partial charge in [-0.2, -0.15) is 13.2 Å². The molecule has 0 bridgehead atoms. The van der Waals surface area contributed by atoms with Crippen LogP contribution in [0.15, 0.2) is 42.5 Å². The molecule has 122 valence electrons. The molecule has 0 aliphatic heterocycles. The van der Waals surface area contributed by atoms with Crippen LogP contribution in [-0.2, 0) is 16.0 Å². The zero-order valence-electron chi connectivity index (χ0n) is 11.9. The fourth-order valence-electron chi connectivity index (χ4n) is 2.30. The van der Waals surface area contributed by atoms with Crippen molar-refractivity contribution in [2.75, 3.05) is 6.54 Å². The largest absolute Gasteiger partial charge is 0.481 e. The molecular formula is C16H14F3NO3. The van der Waals surface area contributed by atoms with E-state index in [1.165, 1.54) is 0 Å². The van der Waals surface area contributed by atoms with Gasteiger partial charge in [-0.15, -0.1) is 0 Å². The number of fused-ring (bicyclic) bond motifs is 1. The summed E-state index contributed by atoms with van der Waals surface area (Å²) in [6.07, 6.45) is -5.00. The first kappa shape index (κ1) is 16.8. The molecule has 0 fully saturated rings. The Balaban J connectivity index is 2.16. The van der Waals surface area contributed by atoms with Gasteiger partial charge in [0.15, 0.2) is 0 Å². The van der Waals surface area contributed by atoms with Crippen molar-refractivity contribution in [1.29, 1.82) is 0 Å². The molecule has 2 N–H and O–H groups in total. The maximum absolute atomic E-state index is 12.2. The Labute approximate surface area is 129 Å². The SMILES string of the molecule is O=C(O)C(CNC(=O)C(F)(F)F)Cc1cccc2ccccc12. The predicted octanol–water partition coefficient (Wildman–Crippen LogP) is 2.76. The summed E-state index contributed by atoms with van der Waals surface area (Å²) < 4.78 is 36.5. The zero-order chi connectivity index (χ0) is 17.0. The van der Waals surface area contributed by atoms with E-state index in [4.69, 9.17) is 0 Å². The van der Waals surface area contributed by atoms with Crippen LogP contribution >= 0.6 is 0 Å². The second-order valence-electron chi connectivity index (χ2n) is 5.09. The van der Waals surface area contributed by atoms with E-state index >= 15 is 0 Å². The highest BCUT2D eigenvalue weighted by Gasteiger charge is 2.39. The smallest absolute Gasteiger partial charge is 0.471 e. The first-order chi connectivity index (χ1) is 10.8. The summed E-state index contributed by atoms with van der Waals surface area (Å²) in [5.74, 6) is -4.55. The van der Waals surface area contributed by atoms with Crippen molar-refractivity contribution in [3.8, 4) is 0 Å². The quantitative estimate of drug-likeness (QED) is 0.888. The number of benzene rings is 2. The van der Waals surface area contributed by atoms with Gasteiger partial charge in [-0.05, 0) is 22.8 Å². The van der Waals surface area contributed by atoms with Crippen LogP contribution in [0.25, 0.3) is 10.8 Å². The topological polar surface area (TPSA) is 66.4 Å². The fraction of sp³-hybridized carbons (Fsp3) is 0.250. The van der Waals surface area contributed by atoms with Crippen LogP contribution in [0, 0.1) is 5.92 Å². The third-order valence-electron chi connectivity index (χ3n) is 3.46. The molecule has 0 heterocycles. The average molecular weight is 325 g/mol. The highest BCUT2D eigenvalue weighted by atomic mass is 19.4. The van der Waals surface area contributed by atoms with Crippen LogP contribution in [0.3, 0.4) is 0 Å². The number of carbonyl (C=O) groups excluding carboxylic acids is 1. The number of hydrogen-bond acceptors (Lipinski definition) is 2. The summed E-state index contributed by atoms with van der Waals surface area (Å²) >= 11 is 0. The van der Waals surface area contributed by atoms with Crippen molar-refractivity contribution in [2.45, 2.75) is 12.6 Å². The van der Waals surface area contributed by atoms with Crippen molar-refractivity contribution in [1.82, 2.24) is 5.32 Å². The van der Waals surface area contributed by atoms with E-state index in [0.717, 1.165) is 10.8 Å². The molecule has 0 aromatic heterocycles. The van der Waals surface area contributed by atoms with Gasteiger partial charge in [0, 0.05) is 6.54 Å². The van der Waals surface area contributed by atoms with Crippen LogP contribution in [0.1, 0.15) is 5.56 Å². The summed E-state index contributed by atoms with van der Waals surface area (Å²) in [5.41, 5.74) is 0.705. The van der Waals surface area contributed by atoms with Crippen LogP contribution in [-0.4, -0.2) is 29.7 Å². The second kappa shape index (κ2) is 6.68. The lowest BCUT2D eigenvalue weighted by Gasteiger charge is -2.15. The molecule has 1 amide bonds. The monoisotopic (exact) mass is 325 g/mol. The first-order valence-electron chi connectivity index (χ1n) is 6.83. The number of nitrogens with one attached hydrogen (secondary N) is 1. The van der Waals surface area contributed by atoms with E-state index in [-0.39, 0.29) is 6.42 Å². The molecule has 1 unspecified atom stereocenters. The molecule has 0 saturated carbocycles. The molecule has 7 heteroatoms. The molecule has 0 radical (unpaired) electrons. The van der Waals surface area contributed by atoms with Gasteiger partial charge >= 0.3 is 18.1 Å². The number of halogens is 3. The van der Waals surface area contributed by atoms with Crippen molar-refractivity contribution >= 4 is 22.6 Å². The molecule has 0 spiro atoms. The average Bonchev–Trinajstić information content (AvgIpc) is 2.50. The number of hydrogen-bond donors (Lipinski definition) is 2. The number of alkyl halides is 3.